The molecule has 0 aliphatic carbocycles. The molecule has 0 spiro atoms. The van der Waals surface area contributed by atoms with E-state index in [0.29, 0.717) is 20.9 Å². The SMILES string of the molecule is COC(=O)Cc1cc(CBr)cc(Br)c1C#N. The van der Waals surface area contributed by atoms with Crippen LogP contribution in [0.25, 0.3) is 0 Å². The number of hydrogen-bond acceptors (Lipinski definition) is 3. The number of methoxy groups -OCH3 is 1. The molecule has 0 aliphatic heterocycles. The molecule has 1 rings (SSSR count). The summed E-state index contributed by atoms with van der Waals surface area (Å²) in [4.78, 5) is 11.2. The van der Waals surface area contributed by atoms with E-state index in [2.05, 4.69) is 42.7 Å². The topological polar surface area (TPSA) is 50.1 Å². The van der Waals surface area contributed by atoms with Gasteiger partial charge in [-0.2, -0.15) is 5.26 Å². The van der Waals surface area contributed by atoms with Gasteiger partial charge < -0.3 is 4.74 Å². The van der Waals surface area contributed by atoms with Crippen molar-refractivity contribution >= 4 is 37.8 Å². The molecule has 1 aromatic rings. The van der Waals surface area contributed by atoms with Crippen molar-refractivity contribution in [2.45, 2.75) is 11.8 Å². The molecule has 0 amide bonds. The summed E-state index contributed by atoms with van der Waals surface area (Å²) in [5, 5.41) is 9.68. The molecule has 0 atom stereocenters. The molecule has 0 fully saturated rings. The third kappa shape index (κ3) is 3.06. The predicted octanol–water partition coefficient (Wildman–Crippen LogP) is 2.93. The van der Waals surface area contributed by atoms with Gasteiger partial charge in [0.15, 0.2) is 0 Å². The molecule has 0 N–H and O–H groups in total. The highest BCUT2D eigenvalue weighted by molar-refractivity contribution is 9.10. The standard InChI is InChI=1S/C11H9Br2NO2/c1-16-11(15)4-8-2-7(5-12)3-10(13)9(8)6-14/h2-3H,4-5H2,1H3. The summed E-state index contributed by atoms with van der Waals surface area (Å²) >= 11 is 6.65. The van der Waals surface area contributed by atoms with Crippen LogP contribution in [0.5, 0.6) is 0 Å². The van der Waals surface area contributed by atoms with Crippen molar-refractivity contribution in [2.75, 3.05) is 7.11 Å². The number of carbonyl (C=O) groups excluding carboxylic acids is 1. The third-order valence-corrected chi connectivity index (χ3v) is 3.33. The second-order valence-electron chi connectivity index (χ2n) is 3.11. The molecular formula is C11H9Br2NO2. The van der Waals surface area contributed by atoms with Crippen molar-refractivity contribution in [3.8, 4) is 6.07 Å². The second kappa shape index (κ2) is 6.02. The first-order valence-electron chi connectivity index (χ1n) is 4.46. The van der Waals surface area contributed by atoms with Crippen molar-refractivity contribution < 1.29 is 9.53 Å². The highest BCUT2D eigenvalue weighted by atomic mass is 79.9. The monoisotopic (exact) mass is 345 g/mol. The summed E-state index contributed by atoms with van der Waals surface area (Å²) in [6.45, 7) is 0. The van der Waals surface area contributed by atoms with Crippen LogP contribution < -0.4 is 0 Å². The molecule has 0 aliphatic rings. The molecule has 0 aromatic heterocycles. The molecule has 0 bridgehead atoms. The number of esters is 1. The zero-order chi connectivity index (χ0) is 12.1. The number of halogens is 2. The first kappa shape index (κ1) is 13.2. The molecule has 3 nitrogen and oxygen atoms in total. The predicted molar refractivity (Wildman–Crippen MR) is 67.2 cm³/mol. The Kier molecular flexibility index (Phi) is 4.97. The maximum atomic E-state index is 11.2. The Bertz CT molecular complexity index is 452. The molecule has 1 aromatic carbocycles. The second-order valence-corrected chi connectivity index (χ2v) is 4.53. The average molecular weight is 347 g/mol. The van der Waals surface area contributed by atoms with Crippen LogP contribution in [-0.2, 0) is 21.3 Å². The average Bonchev–Trinajstić information content (AvgIpc) is 2.28. The zero-order valence-corrected chi connectivity index (χ0v) is 11.8. The number of alkyl halides is 1. The first-order valence-corrected chi connectivity index (χ1v) is 6.38. The van der Waals surface area contributed by atoms with E-state index in [4.69, 9.17) is 5.26 Å². The number of rotatable bonds is 3. The van der Waals surface area contributed by atoms with Gasteiger partial charge in [0.1, 0.15) is 6.07 Å². The molecule has 0 saturated heterocycles. The highest BCUT2D eigenvalue weighted by Gasteiger charge is 2.12. The van der Waals surface area contributed by atoms with Crippen molar-refractivity contribution in [3.63, 3.8) is 0 Å². The van der Waals surface area contributed by atoms with E-state index < -0.39 is 0 Å². The smallest absolute Gasteiger partial charge is 0.310 e. The number of benzene rings is 1. The van der Waals surface area contributed by atoms with E-state index in [1.807, 2.05) is 12.1 Å². The van der Waals surface area contributed by atoms with Gasteiger partial charge in [-0.3, -0.25) is 4.79 Å². The normalized spacial score (nSPS) is 9.62. The van der Waals surface area contributed by atoms with Crippen LogP contribution >= 0.6 is 31.9 Å². The van der Waals surface area contributed by atoms with Gasteiger partial charge in [0.05, 0.1) is 19.1 Å². The van der Waals surface area contributed by atoms with Crippen LogP contribution in [0.1, 0.15) is 16.7 Å². The number of hydrogen-bond donors (Lipinski definition) is 0. The molecule has 0 radical (unpaired) electrons. The van der Waals surface area contributed by atoms with Gasteiger partial charge >= 0.3 is 5.97 Å². The minimum absolute atomic E-state index is 0.110. The Morgan fingerprint density at radius 3 is 2.75 bits per heavy atom. The fourth-order valence-electron chi connectivity index (χ4n) is 1.30. The van der Waals surface area contributed by atoms with E-state index in [1.165, 1.54) is 7.11 Å². The Balaban J connectivity index is 3.19. The Morgan fingerprint density at radius 2 is 2.25 bits per heavy atom. The van der Waals surface area contributed by atoms with Crippen LogP contribution in [0, 0.1) is 11.3 Å². The zero-order valence-electron chi connectivity index (χ0n) is 8.59. The molecule has 84 valence electrons. The molecule has 0 heterocycles. The number of nitrogens with zero attached hydrogens (tertiary/aromatic N) is 1. The lowest BCUT2D eigenvalue weighted by atomic mass is 10.0. The number of carbonyl (C=O) groups is 1. The van der Waals surface area contributed by atoms with E-state index in [-0.39, 0.29) is 12.4 Å². The molecule has 5 heteroatoms. The summed E-state index contributed by atoms with van der Waals surface area (Å²) in [6, 6.07) is 5.76. The van der Waals surface area contributed by atoms with E-state index in [1.54, 1.807) is 0 Å². The summed E-state index contributed by atoms with van der Waals surface area (Å²) in [6.07, 6.45) is 0.110. The third-order valence-electron chi connectivity index (χ3n) is 2.06. The maximum absolute atomic E-state index is 11.2. The lowest BCUT2D eigenvalue weighted by Crippen LogP contribution is -2.07. The Morgan fingerprint density at radius 1 is 1.56 bits per heavy atom. The van der Waals surface area contributed by atoms with Gasteiger partial charge in [0.25, 0.3) is 0 Å². The van der Waals surface area contributed by atoms with Crippen LogP contribution in [0.2, 0.25) is 0 Å². The largest absolute Gasteiger partial charge is 0.469 e. The summed E-state index contributed by atoms with van der Waals surface area (Å²) in [5.41, 5.74) is 2.16. The minimum Gasteiger partial charge on any atom is -0.469 e. The molecule has 0 unspecified atom stereocenters. The number of nitriles is 1. The van der Waals surface area contributed by atoms with Crippen molar-refractivity contribution in [2.24, 2.45) is 0 Å². The van der Waals surface area contributed by atoms with E-state index in [9.17, 15) is 4.79 Å². The van der Waals surface area contributed by atoms with Gasteiger partial charge in [-0.1, -0.05) is 22.0 Å². The van der Waals surface area contributed by atoms with Crippen molar-refractivity contribution in [3.05, 3.63) is 33.3 Å². The fraction of sp³-hybridized carbons (Fsp3) is 0.273. The Hall–Kier alpha value is -0.860. The molecule has 0 saturated carbocycles. The number of ether oxygens (including phenoxy) is 1. The first-order chi connectivity index (χ1) is 7.62. The molecule has 16 heavy (non-hydrogen) atoms. The summed E-state index contributed by atoms with van der Waals surface area (Å²) < 4.78 is 5.29. The Labute approximate surface area is 111 Å². The summed E-state index contributed by atoms with van der Waals surface area (Å²) in [5.74, 6) is -0.352. The van der Waals surface area contributed by atoms with E-state index >= 15 is 0 Å². The van der Waals surface area contributed by atoms with Crippen molar-refractivity contribution in [1.82, 2.24) is 0 Å². The van der Waals surface area contributed by atoms with Gasteiger partial charge in [0, 0.05) is 9.80 Å². The molecular weight excluding hydrogens is 338 g/mol. The van der Waals surface area contributed by atoms with Gasteiger partial charge in [0.2, 0.25) is 0 Å². The van der Waals surface area contributed by atoms with Gasteiger partial charge in [-0.05, 0) is 33.1 Å². The lowest BCUT2D eigenvalue weighted by Gasteiger charge is -2.07. The van der Waals surface area contributed by atoms with Crippen LogP contribution in [0.3, 0.4) is 0 Å². The lowest BCUT2D eigenvalue weighted by molar-refractivity contribution is -0.139. The van der Waals surface area contributed by atoms with E-state index in [0.717, 1.165) is 5.56 Å². The van der Waals surface area contributed by atoms with Gasteiger partial charge in [-0.15, -0.1) is 0 Å². The summed E-state index contributed by atoms with van der Waals surface area (Å²) in [7, 11) is 1.33. The van der Waals surface area contributed by atoms with Crippen LogP contribution in [0.15, 0.2) is 16.6 Å². The quantitative estimate of drug-likeness (QED) is 0.624. The maximum Gasteiger partial charge on any atom is 0.310 e. The minimum atomic E-state index is -0.352. The van der Waals surface area contributed by atoms with Crippen LogP contribution in [-0.4, -0.2) is 13.1 Å². The highest BCUT2D eigenvalue weighted by Crippen LogP contribution is 2.24. The van der Waals surface area contributed by atoms with Crippen LogP contribution in [0.4, 0.5) is 0 Å². The fourth-order valence-corrected chi connectivity index (χ4v) is 2.26. The van der Waals surface area contributed by atoms with Gasteiger partial charge in [-0.25, -0.2) is 0 Å². The van der Waals surface area contributed by atoms with Crippen molar-refractivity contribution in [1.29, 1.82) is 5.26 Å².